The van der Waals surface area contributed by atoms with Crippen molar-refractivity contribution >= 4 is 27.7 Å². The molecule has 0 saturated heterocycles. The molecule has 0 aliphatic carbocycles. The summed E-state index contributed by atoms with van der Waals surface area (Å²) in [5.41, 5.74) is 1.30. The Morgan fingerprint density at radius 3 is 3.00 bits per heavy atom. The Morgan fingerprint density at radius 2 is 2.31 bits per heavy atom. The van der Waals surface area contributed by atoms with E-state index in [1.807, 2.05) is 12.3 Å². The van der Waals surface area contributed by atoms with Gasteiger partial charge in [-0.3, -0.25) is 4.79 Å². The van der Waals surface area contributed by atoms with Crippen LogP contribution >= 0.6 is 11.3 Å². The minimum absolute atomic E-state index is 0.316. The average Bonchev–Trinajstić information content (AvgIpc) is 2.60. The molecule has 0 N–H and O–H groups in total. The normalized spacial score (nSPS) is 10.6. The lowest BCUT2D eigenvalue weighted by atomic mass is 10.1. The molecule has 13 heavy (non-hydrogen) atoms. The maximum atomic E-state index is 13.3. The molecular formula is C10H7FOS. The lowest BCUT2D eigenvalue weighted by Gasteiger charge is -2.00. The van der Waals surface area contributed by atoms with E-state index < -0.39 is 0 Å². The fourth-order valence-corrected chi connectivity index (χ4v) is 2.29. The number of rotatable bonds is 1. The Labute approximate surface area is 78.8 Å². The minimum Gasteiger partial charge on any atom is -0.298 e. The van der Waals surface area contributed by atoms with Gasteiger partial charge in [0.2, 0.25) is 0 Å². The number of carbonyl (C=O) groups is 1. The van der Waals surface area contributed by atoms with Crippen molar-refractivity contribution < 1.29 is 9.18 Å². The Balaban J connectivity index is 2.93. The molecule has 2 rings (SSSR count). The third kappa shape index (κ3) is 1.16. The smallest absolute Gasteiger partial charge is 0.150 e. The highest BCUT2D eigenvalue weighted by molar-refractivity contribution is 7.17. The summed E-state index contributed by atoms with van der Waals surface area (Å²) in [6.07, 6.45) is 0.692. The van der Waals surface area contributed by atoms with Crippen molar-refractivity contribution in [2.24, 2.45) is 0 Å². The molecule has 0 bridgehead atoms. The molecule has 3 heteroatoms. The number of fused-ring (bicyclic) bond motifs is 1. The summed E-state index contributed by atoms with van der Waals surface area (Å²) in [7, 11) is 0. The summed E-state index contributed by atoms with van der Waals surface area (Å²) >= 11 is 1.46. The van der Waals surface area contributed by atoms with Crippen LogP contribution in [0.3, 0.4) is 0 Å². The fourth-order valence-electron chi connectivity index (χ4n) is 1.36. The predicted molar refractivity (Wildman–Crippen MR) is 51.9 cm³/mol. The number of carbonyl (C=O) groups excluding carboxylic acids is 1. The van der Waals surface area contributed by atoms with Crippen LogP contribution in [-0.2, 0) is 0 Å². The van der Waals surface area contributed by atoms with E-state index in [0.717, 1.165) is 10.3 Å². The Kier molecular flexibility index (Phi) is 1.88. The van der Waals surface area contributed by atoms with Gasteiger partial charge >= 0.3 is 0 Å². The first-order chi connectivity index (χ1) is 6.24. The first-order valence-electron chi connectivity index (χ1n) is 3.85. The summed E-state index contributed by atoms with van der Waals surface area (Å²) < 4.78 is 14.2. The summed E-state index contributed by atoms with van der Waals surface area (Å²) in [5.74, 6) is -0.316. The predicted octanol–water partition coefficient (Wildman–Crippen LogP) is 3.16. The molecule has 0 aliphatic heterocycles. The zero-order chi connectivity index (χ0) is 9.42. The SMILES string of the molecule is Cc1c(C=O)cc(F)c2ccsc12. The van der Waals surface area contributed by atoms with E-state index in [0.29, 0.717) is 17.2 Å². The number of hydrogen-bond donors (Lipinski definition) is 0. The van der Waals surface area contributed by atoms with Gasteiger partial charge in [-0.2, -0.15) is 0 Å². The molecule has 0 atom stereocenters. The maximum Gasteiger partial charge on any atom is 0.150 e. The molecule has 0 spiro atoms. The van der Waals surface area contributed by atoms with Gasteiger partial charge in [0, 0.05) is 15.6 Å². The largest absolute Gasteiger partial charge is 0.298 e. The quantitative estimate of drug-likeness (QED) is 0.637. The summed E-state index contributed by atoms with van der Waals surface area (Å²) in [4.78, 5) is 10.6. The van der Waals surface area contributed by atoms with Crippen LogP contribution in [0.25, 0.3) is 10.1 Å². The summed E-state index contributed by atoms with van der Waals surface area (Å²) in [6.45, 7) is 1.84. The van der Waals surface area contributed by atoms with E-state index in [-0.39, 0.29) is 5.82 Å². The van der Waals surface area contributed by atoms with Gasteiger partial charge in [-0.05, 0) is 30.0 Å². The molecule has 1 nitrogen and oxygen atoms in total. The lowest BCUT2D eigenvalue weighted by molar-refractivity contribution is 0.112. The van der Waals surface area contributed by atoms with Gasteiger partial charge in [-0.1, -0.05) is 0 Å². The molecule has 66 valence electrons. The molecule has 1 aromatic carbocycles. The zero-order valence-corrected chi connectivity index (χ0v) is 7.82. The second-order valence-electron chi connectivity index (χ2n) is 2.85. The van der Waals surface area contributed by atoms with E-state index >= 15 is 0 Å². The third-order valence-electron chi connectivity index (χ3n) is 2.11. The van der Waals surface area contributed by atoms with Gasteiger partial charge in [-0.15, -0.1) is 11.3 Å². The van der Waals surface area contributed by atoms with E-state index in [9.17, 15) is 9.18 Å². The van der Waals surface area contributed by atoms with Gasteiger partial charge < -0.3 is 0 Å². The molecule has 1 aromatic heterocycles. The van der Waals surface area contributed by atoms with E-state index in [1.165, 1.54) is 17.4 Å². The summed E-state index contributed by atoms with van der Waals surface area (Å²) in [5, 5.41) is 2.43. The Bertz CT molecular complexity index is 473. The molecule has 2 aromatic rings. The standard InChI is InChI=1S/C10H7FOS/c1-6-7(5-12)4-9(11)8-2-3-13-10(6)8/h2-5H,1H3. The number of aldehydes is 1. The number of benzene rings is 1. The third-order valence-corrected chi connectivity index (χ3v) is 3.14. The minimum atomic E-state index is -0.316. The number of aryl methyl sites for hydroxylation is 1. The first kappa shape index (κ1) is 8.38. The molecule has 0 aliphatic rings. The van der Waals surface area contributed by atoms with Crippen LogP contribution in [0.15, 0.2) is 17.5 Å². The van der Waals surface area contributed by atoms with Crippen molar-refractivity contribution in [1.82, 2.24) is 0 Å². The molecule has 0 amide bonds. The van der Waals surface area contributed by atoms with Crippen LogP contribution in [0.4, 0.5) is 4.39 Å². The van der Waals surface area contributed by atoms with Gasteiger partial charge in [0.1, 0.15) is 12.1 Å². The first-order valence-corrected chi connectivity index (χ1v) is 4.73. The van der Waals surface area contributed by atoms with Gasteiger partial charge in [0.25, 0.3) is 0 Å². The van der Waals surface area contributed by atoms with Crippen molar-refractivity contribution in [1.29, 1.82) is 0 Å². The number of halogens is 1. The fraction of sp³-hybridized carbons (Fsp3) is 0.100. The Hall–Kier alpha value is -1.22. The van der Waals surface area contributed by atoms with Crippen LogP contribution in [0.2, 0.25) is 0 Å². The van der Waals surface area contributed by atoms with Crippen LogP contribution < -0.4 is 0 Å². The van der Waals surface area contributed by atoms with E-state index in [2.05, 4.69) is 0 Å². The highest BCUT2D eigenvalue weighted by Gasteiger charge is 2.08. The van der Waals surface area contributed by atoms with Crippen LogP contribution in [0.1, 0.15) is 15.9 Å². The second kappa shape index (κ2) is 2.92. The van der Waals surface area contributed by atoms with Crippen molar-refractivity contribution in [3.05, 3.63) is 34.5 Å². The van der Waals surface area contributed by atoms with Gasteiger partial charge in [-0.25, -0.2) is 4.39 Å². The van der Waals surface area contributed by atoms with Crippen molar-refractivity contribution in [2.75, 3.05) is 0 Å². The number of hydrogen-bond acceptors (Lipinski definition) is 2. The molecular weight excluding hydrogens is 187 g/mol. The highest BCUT2D eigenvalue weighted by atomic mass is 32.1. The molecule has 1 heterocycles. The topological polar surface area (TPSA) is 17.1 Å². The van der Waals surface area contributed by atoms with Crippen LogP contribution in [0, 0.1) is 12.7 Å². The molecule has 0 radical (unpaired) electrons. The molecule has 0 saturated carbocycles. The Morgan fingerprint density at radius 1 is 1.54 bits per heavy atom. The highest BCUT2D eigenvalue weighted by Crippen LogP contribution is 2.28. The lowest BCUT2D eigenvalue weighted by Crippen LogP contribution is -1.88. The van der Waals surface area contributed by atoms with Crippen LogP contribution in [-0.4, -0.2) is 6.29 Å². The zero-order valence-electron chi connectivity index (χ0n) is 7.00. The van der Waals surface area contributed by atoms with Crippen molar-refractivity contribution in [3.8, 4) is 0 Å². The van der Waals surface area contributed by atoms with Crippen LogP contribution in [0.5, 0.6) is 0 Å². The van der Waals surface area contributed by atoms with Crippen molar-refractivity contribution in [2.45, 2.75) is 6.92 Å². The molecule has 0 unspecified atom stereocenters. The van der Waals surface area contributed by atoms with E-state index in [1.54, 1.807) is 6.07 Å². The summed E-state index contributed by atoms with van der Waals surface area (Å²) in [6, 6.07) is 3.02. The molecule has 0 fully saturated rings. The monoisotopic (exact) mass is 194 g/mol. The maximum absolute atomic E-state index is 13.3. The van der Waals surface area contributed by atoms with E-state index in [4.69, 9.17) is 0 Å². The average molecular weight is 194 g/mol. The van der Waals surface area contributed by atoms with Crippen molar-refractivity contribution in [3.63, 3.8) is 0 Å². The number of thiophene rings is 1. The van der Waals surface area contributed by atoms with Gasteiger partial charge in [0.15, 0.2) is 0 Å². The van der Waals surface area contributed by atoms with Gasteiger partial charge in [0.05, 0.1) is 0 Å². The second-order valence-corrected chi connectivity index (χ2v) is 3.77.